The molecule has 12 nitrogen and oxygen atoms in total. The molecule has 0 aromatic heterocycles. The SMILES string of the molecule is O=C(NCCC[Si](O)(O)O)C(C(=O)NCCC[Si](O)(O)O)(C(=O)c1ccccc1)C(=O)c1ccccc1. The standard InChI is InChI=1S/C23H30N2O10Si2/c26-19(17-9-3-1-4-10-17)23(20(27)18-11-5-2-6-12-18,21(28)24-13-7-15-36(30,31)32)22(29)25-14-8-16-37(33,34)35/h1-6,9-12,30-35H,7-8,13-16H2,(H,24,28)(H,25,29). The predicted molar refractivity (Wildman–Crippen MR) is 134 cm³/mol. The number of benzene rings is 2. The van der Waals surface area contributed by atoms with Gasteiger partial charge in [-0.25, -0.2) is 0 Å². The van der Waals surface area contributed by atoms with Crippen LogP contribution in [0.25, 0.3) is 0 Å². The number of hydrogen-bond donors (Lipinski definition) is 8. The van der Waals surface area contributed by atoms with E-state index in [4.69, 9.17) is 0 Å². The molecule has 0 heterocycles. The minimum atomic E-state index is -4.41. The van der Waals surface area contributed by atoms with Crippen molar-refractivity contribution in [2.75, 3.05) is 13.1 Å². The van der Waals surface area contributed by atoms with E-state index in [0.29, 0.717) is 0 Å². The number of hydrogen-bond acceptors (Lipinski definition) is 10. The molecule has 14 heteroatoms. The molecule has 2 aromatic carbocycles. The maximum absolute atomic E-state index is 13.8. The fourth-order valence-corrected chi connectivity index (χ4v) is 4.85. The Balaban J connectivity index is 2.51. The zero-order valence-electron chi connectivity index (χ0n) is 19.8. The van der Waals surface area contributed by atoms with Gasteiger partial charge in [0.15, 0.2) is 11.6 Å². The van der Waals surface area contributed by atoms with Gasteiger partial charge in [-0.05, 0) is 12.8 Å². The summed E-state index contributed by atoms with van der Waals surface area (Å²) in [6, 6.07) is 13.6. The first kappa shape index (κ1) is 30.1. The minimum absolute atomic E-state index is 0.0999. The van der Waals surface area contributed by atoms with Gasteiger partial charge in [-0.3, -0.25) is 19.2 Å². The van der Waals surface area contributed by atoms with Crippen LogP contribution in [0.5, 0.6) is 0 Å². The fourth-order valence-electron chi connectivity index (χ4n) is 3.55. The number of rotatable bonds is 14. The van der Waals surface area contributed by atoms with Gasteiger partial charge in [-0.1, -0.05) is 60.7 Å². The van der Waals surface area contributed by atoms with Gasteiger partial charge in [0.1, 0.15) is 0 Å². The van der Waals surface area contributed by atoms with Crippen LogP contribution in [-0.4, -0.2) is 82.9 Å². The second-order valence-corrected chi connectivity index (χ2v) is 12.5. The largest absolute Gasteiger partial charge is 0.492 e. The van der Waals surface area contributed by atoms with Crippen LogP contribution in [0.15, 0.2) is 60.7 Å². The summed E-state index contributed by atoms with van der Waals surface area (Å²) in [6.07, 6.45) is -0.233. The van der Waals surface area contributed by atoms with Gasteiger partial charge in [-0.15, -0.1) is 0 Å². The van der Waals surface area contributed by atoms with Crippen molar-refractivity contribution in [3.63, 3.8) is 0 Å². The lowest BCUT2D eigenvalue weighted by Gasteiger charge is -2.29. The monoisotopic (exact) mass is 550 g/mol. The van der Waals surface area contributed by atoms with Crippen molar-refractivity contribution in [2.45, 2.75) is 24.9 Å². The van der Waals surface area contributed by atoms with Gasteiger partial charge in [-0.2, -0.15) is 0 Å². The Hall–Kier alpha value is -3.09. The summed E-state index contributed by atoms with van der Waals surface area (Å²) in [5.41, 5.74) is -3.13. The zero-order chi connectivity index (χ0) is 27.7. The molecule has 2 rings (SSSR count). The maximum atomic E-state index is 13.8. The molecule has 37 heavy (non-hydrogen) atoms. The van der Waals surface area contributed by atoms with Crippen molar-refractivity contribution in [1.82, 2.24) is 10.6 Å². The van der Waals surface area contributed by atoms with E-state index in [1.54, 1.807) is 12.1 Å². The molecule has 2 aromatic rings. The van der Waals surface area contributed by atoms with Crippen molar-refractivity contribution < 1.29 is 48.0 Å². The Morgan fingerprint density at radius 2 is 0.919 bits per heavy atom. The number of Topliss-reactive ketones (excluding diaryl/α,β-unsaturated/α-hetero) is 2. The number of ketones is 2. The smallest absolute Gasteiger partial charge is 0.390 e. The lowest BCUT2D eigenvalue weighted by atomic mass is 9.72. The van der Waals surface area contributed by atoms with Crippen molar-refractivity contribution >= 4 is 41.0 Å². The maximum Gasteiger partial charge on any atom is 0.492 e. The van der Waals surface area contributed by atoms with Gasteiger partial charge in [0.25, 0.3) is 17.2 Å². The third kappa shape index (κ3) is 8.48. The summed E-state index contributed by atoms with van der Waals surface area (Å²) in [5, 5.41) is 4.65. The number of nitrogens with one attached hydrogen (secondary N) is 2. The van der Waals surface area contributed by atoms with Gasteiger partial charge >= 0.3 is 17.6 Å². The highest BCUT2D eigenvalue weighted by molar-refractivity contribution is 6.56. The molecule has 0 atom stereocenters. The normalized spacial score (nSPS) is 12.1. The van der Waals surface area contributed by atoms with Gasteiger partial charge in [0, 0.05) is 36.3 Å². The lowest BCUT2D eigenvalue weighted by molar-refractivity contribution is -0.137. The summed E-state index contributed by atoms with van der Waals surface area (Å²) in [5.74, 6) is -4.74. The molecular formula is C23H30N2O10Si2. The molecule has 0 fully saturated rings. The molecule has 0 bridgehead atoms. The van der Waals surface area contributed by atoms with E-state index in [-0.39, 0.29) is 37.1 Å². The quantitative estimate of drug-likeness (QED) is 0.0595. The van der Waals surface area contributed by atoms with E-state index in [0.717, 1.165) is 0 Å². The van der Waals surface area contributed by atoms with Crippen LogP contribution in [0, 0.1) is 5.41 Å². The van der Waals surface area contributed by atoms with Crippen LogP contribution >= 0.6 is 0 Å². The second kappa shape index (κ2) is 12.9. The third-order valence-corrected chi connectivity index (χ3v) is 7.43. The van der Waals surface area contributed by atoms with Gasteiger partial charge in [0.2, 0.25) is 0 Å². The summed E-state index contributed by atoms with van der Waals surface area (Å²) >= 11 is 0. The topological polar surface area (TPSA) is 214 Å². The van der Waals surface area contributed by atoms with Crippen molar-refractivity contribution in [2.24, 2.45) is 5.41 Å². The highest BCUT2D eigenvalue weighted by Crippen LogP contribution is 2.30. The number of carbonyl (C=O) groups is 4. The average molecular weight is 551 g/mol. The fraction of sp³-hybridized carbons (Fsp3) is 0.304. The first-order valence-electron chi connectivity index (χ1n) is 11.4. The van der Waals surface area contributed by atoms with Crippen LogP contribution in [-0.2, 0) is 9.59 Å². The van der Waals surface area contributed by atoms with Crippen LogP contribution in [0.4, 0.5) is 0 Å². The van der Waals surface area contributed by atoms with E-state index in [2.05, 4.69) is 10.6 Å². The Kier molecular flexibility index (Phi) is 10.5. The summed E-state index contributed by atoms with van der Waals surface area (Å²) in [6.45, 7) is -0.579. The molecule has 200 valence electrons. The molecule has 0 saturated heterocycles. The molecule has 2 amide bonds. The molecule has 0 aliphatic rings. The Bertz CT molecular complexity index is 999. The van der Waals surface area contributed by atoms with Gasteiger partial charge in [0.05, 0.1) is 0 Å². The summed E-state index contributed by atoms with van der Waals surface area (Å²) in [7, 11) is -8.81. The first-order valence-corrected chi connectivity index (χ1v) is 15.5. The molecule has 0 aliphatic carbocycles. The molecule has 8 N–H and O–H groups in total. The first-order chi connectivity index (χ1) is 17.3. The van der Waals surface area contributed by atoms with E-state index in [1.807, 2.05) is 0 Å². The van der Waals surface area contributed by atoms with Crippen molar-refractivity contribution in [1.29, 1.82) is 0 Å². The third-order valence-electron chi connectivity index (χ3n) is 5.38. The van der Waals surface area contributed by atoms with E-state index < -0.39 is 58.5 Å². The highest BCUT2D eigenvalue weighted by atomic mass is 28.4. The molecule has 0 spiro atoms. The van der Waals surface area contributed by atoms with Crippen molar-refractivity contribution in [3.05, 3.63) is 71.8 Å². The van der Waals surface area contributed by atoms with Crippen molar-refractivity contribution in [3.8, 4) is 0 Å². The molecule has 0 unspecified atom stereocenters. The molecule has 0 aliphatic heterocycles. The molecule has 0 radical (unpaired) electrons. The minimum Gasteiger partial charge on any atom is -0.390 e. The summed E-state index contributed by atoms with van der Waals surface area (Å²) < 4.78 is 0. The molecule has 0 saturated carbocycles. The number of carbonyl (C=O) groups excluding carboxylic acids is 4. The Morgan fingerprint density at radius 1 is 0.595 bits per heavy atom. The van der Waals surface area contributed by atoms with Gasteiger partial charge < -0.3 is 39.4 Å². The average Bonchev–Trinajstić information content (AvgIpc) is 2.84. The van der Waals surface area contributed by atoms with E-state index in [9.17, 15) is 48.0 Å². The molecular weight excluding hydrogens is 520 g/mol. The van der Waals surface area contributed by atoms with Crippen LogP contribution < -0.4 is 10.6 Å². The number of amides is 2. The second-order valence-electron chi connectivity index (χ2n) is 8.41. The van der Waals surface area contributed by atoms with E-state index in [1.165, 1.54) is 48.5 Å². The van der Waals surface area contributed by atoms with Crippen LogP contribution in [0.2, 0.25) is 12.1 Å². The summed E-state index contributed by atoms with van der Waals surface area (Å²) in [4.78, 5) is 110. The Labute approximate surface area is 215 Å². The zero-order valence-corrected chi connectivity index (χ0v) is 21.8. The van der Waals surface area contributed by atoms with E-state index >= 15 is 0 Å². The van der Waals surface area contributed by atoms with Crippen LogP contribution in [0.3, 0.4) is 0 Å². The van der Waals surface area contributed by atoms with Crippen LogP contribution in [0.1, 0.15) is 33.6 Å². The highest BCUT2D eigenvalue weighted by Gasteiger charge is 2.59. The lowest BCUT2D eigenvalue weighted by Crippen LogP contribution is -2.61. The predicted octanol–water partition coefficient (Wildman–Crippen LogP) is -1.42. The Morgan fingerprint density at radius 3 is 1.22 bits per heavy atom.